The Morgan fingerprint density at radius 2 is 1.82 bits per heavy atom. The Balaban J connectivity index is 1.29. The summed E-state index contributed by atoms with van der Waals surface area (Å²) >= 11 is 0. The SMILES string of the molecule is O=C(N1CCC(c2ccon2)CC1)N1CCC2(CC1)COC2. The van der Waals surface area contributed by atoms with Crippen molar-refractivity contribution < 1.29 is 14.1 Å². The second-order valence-corrected chi connectivity index (χ2v) is 6.95. The third kappa shape index (κ3) is 2.49. The number of hydrogen-bond donors (Lipinski definition) is 0. The standard InChI is InChI=1S/C16H23N3O3/c20-15(19-8-4-16(5-9-19)11-21-12-16)18-6-1-13(2-7-18)14-3-10-22-17-14/h3,10,13H,1-2,4-9,11-12H2. The molecule has 3 fully saturated rings. The normalized spacial score (nSPS) is 25.3. The van der Waals surface area contributed by atoms with Crippen molar-refractivity contribution in [2.45, 2.75) is 31.6 Å². The first-order chi connectivity index (χ1) is 10.8. The first-order valence-corrected chi connectivity index (χ1v) is 8.28. The highest BCUT2D eigenvalue weighted by Crippen LogP contribution is 2.38. The van der Waals surface area contributed by atoms with Gasteiger partial charge < -0.3 is 19.1 Å². The van der Waals surface area contributed by atoms with E-state index in [4.69, 9.17) is 9.26 Å². The molecule has 0 bridgehead atoms. The van der Waals surface area contributed by atoms with Crippen molar-refractivity contribution in [3.05, 3.63) is 18.0 Å². The van der Waals surface area contributed by atoms with Crippen LogP contribution in [0.15, 0.2) is 16.9 Å². The third-order valence-corrected chi connectivity index (χ3v) is 5.55. The highest BCUT2D eigenvalue weighted by molar-refractivity contribution is 5.74. The van der Waals surface area contributed by atoms with Crippen LogP contribution in [0.25, 0.3) is 0 Å². The fourth-order valence-electron chi connectivity index (χ4n) is 3.85. The summed E-state index contributed by atoms with van der Waals surface area (Å²) in [6.07, 6.45) is 5.76. The predicted molar refractivity (Wildman–Crippen MR) is 79.5 cm³/mol. The maximum absolute atomic E-state index is 12.7. The molecule has 6 nitrogen and oxygen atoms in total. The number of urea groups is 1. The van der Waals surface area contributed by atoms with Crippen molar-refractivity contribution in [1.82, 2.24) is 15.0 Å². The van der Waals surface area contributed by atoms with Crippen molar-refractivity contribution >= 4 is 6.03 Å². The Morgan fingerprint density at radius 1 is 1.14 bits per heavy atom. The highest BCUT2D eigenvalue weighted by atomic mass is 16.5. The Morgan fingerprint density at radius 3 is 2.36 bits per heavy atom. The van der Waals surface area contributed by atoms with E-state index in [0.29, 0.717) is 11.3 Å². The predicted octanol–water partition coefficient (Wildman–Crippen LogP) is 2.09. The van der Waals surface area contributed by atoms with Crippen LogP contribution in [0.4, 0.5) is 4.79 Å². The van der Waals surface area contributed by atoms with Crippen LogP contribution in [0.5, 0.6) is 0 Å². The quantitative estimate of drug-likeness (QED) is 0.797. The number of nitrogens with zero attached hydrogens (tertiary/aromatic N) is 3. The van der Waals surface area contributed by atoms with Crippen molar-refractivity contribution in [1.29, 1.82) is 0 Å². The molecule has 2 amide bonds. The lowest BCUT2D eigenvalue weighted by Crippen LogP contribution is -2.55. The zero-order chi connectivity index (χ0) is 15.0. The summed E-state index contributed by atoms with van der Waals surface area (Å²) in [4.78, 5) is 16.7. The van der Waals surface area contributed by atoms with E-state index in [0.717, 1.165) is 70.8 Å². The van der Waals surface area contributed by atoms with Crippen molar-refractivity contribution in [3.8, 4) is 0 Å². The van der Waals surface area contributed by atoms with E-state index in [1.54, 1.807) is 6.26 Å². The number of likely N-dealkylation sites (tertiary alicyclic amines) is 2. The largest absolute Gasteiger partial charge is 0.380 e. The molecular weight excluding hydrogens is 282 g/mol. The summed E-state index contributed by atoms with van der Waals surface area (Å²) < 4.78 is 10.3. The van der Waals surface area contributed by atoms with Gasteiger partial charge in [0.1, 0.15) is 6.26 Å². The van der Waals surface area contributed by atoms with E-state index in [2.05, 4.69) is 5.16 Å². The number of rotatable bonds is 1. The molecule has 22 heavy (non-hydrogen) atoms. The Kier molecular flexibility index (Phi) is 3.56. The summed E-state index contributed by atoms with van der Waals surface area (Å²) in [6, 6.07) is 2.15. The van der Waals surface area contributed by atoms with Crippen LogP contribution >= 0.6 is 0 Å². The zero-order valence-corrected chi connectivity index (χ0v) is 12.9. The van der Waals surface area contributed by atoms with E-state index < -0.39 is 0 Å². The smallest absolute Gasteiger partial charge is 0.319 e. The van der Waals surface area contributed by atoms with Gasteiger partial charge in [0.25, 0.3) is 0 Å². The molecule has 1 spiro atoms. The number of hydrogen-bond acceptors (Lipinski definition) is 4. The average Bonchev–Trinajstić information content (AvgIpc) is 3.07. The molecule has 4 rings (SSSR count). The molecule has 6 heteroatoms. The molecule has 3 aliphatic heterocycles. The van der Waals surface area contributed by atoms with Crippen LogP contribution in [-0.4, -0.2) is 60.4 Å². The number of amides is 2. The molecule has 1 aromatic rings. The summed E-state index contributed by atoms with van der Waals surface area (Å²) in [6.45, 7) is 5.18. The zero-order valence-electron chi connectivity index (χ0n) is 12.9. The molecule has 3 aliphatic rings. The van der Waals surface area contributed by atoms with E-state index in [9.17, 15) is 4.79 Å². The fraction of sp³-hybridized carbons (Fsp3) is 0.750. The second-order valence-electron chi connectivity index (χ2n) is 6.95. The number of aromatic nitrogens is 1. The summed E-state index contributed by atoms with van der Waals surface area (Å²) in [5, 5.41) is 4.03. The molecular formula is C16H23N3O3. The number of carbonyl (C=O) groups is 1. The molecule has 4 heterocycles. The monoisotopic (exact) mass is 305 g/mol. The molecule has 0 aliphatic carbocycles. The molecule has 0 atom stereocenters. The van der Waals surface area contributed by atoms with E-state index in [1.165, 1.54) is 0 Å². The molecule has 0 aromatic carbocycles. The van der Waals surface area contributed by atoms with Gasteiger partial charge in [0, 0.05) is 43.6 Å². The summed E-state index contributed by atoms with van der Waals surface area (Å²) in [5.41, 5.74) is 1.41. The van der Waals surface area contributed by atoms with Gasteiger partial charge in [-0.3, -0.25) is 0 Å². The van der Waals surface area contributed by atoms with Gasteiger partial charge in [-0.2, -0.15) is 0 Å². The fourth-order valence-corrected chi connectivity index (χ4v) is 3.85. The first kappa shape index (κ1) is 14.1. The number of piperidine rings is 2. The van der Waals surface area contributed by atoms with Crippen molar-refractivity contribution in [2.75, 3.05) is 39.4 Å². The van der Waals surface area contributed by atoms with Gasteiger partial charge in [-0.1, -0.05) is 5.16 Å². The average molecular weight is 305 g/mol. The lowest BCUT2D eigenvalue weighted by Gasteiger charge is -2.48. The van der Waals surface area contributed by atoms with E-state index in [-0.39, 0.29) is 6.03 Å². The van der Waals surface area contributed by atoms with Gasteiger partial charge in [0.15, 0.2) is 0 Å². The molecule has 0 radical (unpaired) electrons. The van der Waals surface area contributed by atoms with Crippen LogP contribution in [-0.2, 0) is 4.74 Å². The molecule has 1 aromatic heterocycles. The molecule has 120 valence electrons. The minimum Gasteiger partial charge on any atom is -0.380 e. The maximum atomic E-state index is 12.7. The van der Waals surface area contributed by atoms with E-state index in [1.807, 2.05) is 15.9 Å². The molecule has 0 unspecified atom stereocenters. The lowest BCUT2D eigenvalue weighted by molar-refractivity contribution is -0.136. The third-order valence-electron chi connectivity index (χ3n) is 5.55. The Bertz CT molecular complexity index is 509. The summed E-state index contributed by atoms with van der Waals surface area (Å²) in [7, 11) is 0. The van der Waals surface area contributed by atoms with Gasteiger partial charge >= 0.3 is 6.03 Å². The van der Waals surface area contributed by atoms with Gasteiger partial charge in [0.2, 0.25) is 0 Å². The van der Waals surface area contributed by atoms with Gasteiger partial charge in [-0.15, -0.1) is 0 Å². The first-order valence-electron chi connectivity index (χ1n) is 8.28. The highest BCUT2D eigenvalue weighted by Gasteiger charge is 2.42. The van der Waals surface area contributed by atoms with Crippen LogP contribution in [0, 0.1) is 5.41 Å². The maximum Gasteiger partial charge on any atom is 0.319 e. The Labute approximate surface area is 130 Å². The minimum atomic E-state index is 0.216. The van der Waals surface area contributed by atoms with Gasteiger partial charge in [0.05, 0.1) is 18.9 Å². The lowest BCUT2D eigenvalue weighted by atomic mass is 9.77. The second kappa shape index (κ2) is 5.57. The Hall–Kier alpha value is -1.56. The molecule has 0 N–H and O–H groups in total. The minimum absolute atomic E-state index is 0.216. The van der Waals surface area contributed by atoms with Crippen LogP contribution in [0.1, 0.15) is 37.3 Å². The van der Waals surface area contributed by atoms with Crippen molar-refractivity contribution in [2.24, 2.45) is 5.41 Å². The van der Waals surface area contributed by atoms with E-state index >= 15 is 0 Å². The number of carbonyl (C=O) groups excluding carboxylic acids is 1. The molecule has 3 saturated heterocycles. The number of ether oxygens (including phenoxy) is 1. The van der Waals surface area contributed by atoms with Crippen LogP contribution < -0.4 is 0 Å². The van der Waals surface area contributed by atoms with Gasteiger partial charge in [-0.25, -0.2) is 4.79 Å². The molecule has 0 saturated carbocycles. The summed E-state index contributed by atoms with van der Waals surface area (Å²) in [5.74, 6) is 0.430. The van der Waals surface area contributed by atoms with Crippen LogP contribution in [0.2, 0.25) is 0 Å². The topological polar surface area (TPSA) is 58.8 Å². The van der Waals surface area contributed by atoms with Gasteiger partial charge in [-0.05, 0) is 25.7 Å². The van der Waals surface area contributed by atoms with Crippen molar-refractivity contribution in [3.63, 3.8) is 0 Å². The van der Waals surface area contributed by atoms with Crippen LogP contribution in [0.3, 0.4) is 0 Å².